The molecule has 4 heteroatoms. The number of hydrogen-bond donors (Lipinski definition) is 0. The Hall–Kier alpha value is -1.06. The van der Waals surface area contributed by atoms with E-state index >= 15 is 0 Å². The molecule has 0 amide bonds. The maximum absolute atomic E-state index is 11.5. The lowest BCUT2D eigenvalue weighted by atomic mass is 10.0. The quantitative estimate of drug-likeness (QED) is 0.272. The molecule has 0 N–H and O–H groups in total. The minimum Gasteiger partial charge on any atom is -0.466 e. The smallest absolute Gasteiger partial charge is 0.346 e. The van der Waals surface area contributed by atoms with Gasteiger partial charge in [-0.1, -0.05) is 84.0 Å². The maximum Gasteiger partial charge on any atom is 0.346 e. The van der Waals surface area contributed by atoms with Crippen LogP contribution in [0.5, 0.6) is 0 Å². The average molecular weight is 343 g/mol. The second kappa shape index (κ2) is 16.8. The Morgan fingerprint density at radius 2 is 1.17 bits per heavy atom. The first-order valence-electron chi connectivity index (χ1n) is 9.89. The van der Waals surface area contributed by atoms with E-state index in [2.05, 4.69) is 11.7 Å². The molecular formula is C20H38O4. The van der Waals surface area contributed by atoms with Crippen molar-refractivity contribution < 1.29 is 19.1 Å². The summed E-state index contributed by atoms with van der Waals surface area (Å²) in [5.74, 6) is -0.815. The van der Waals surface area contributed by atoms with Crippen LogP contribution in [0.1, 0.15) is 104 Å². The number of carbonyl (C=O) groups excluding carboxylic acids is 2. The third kappa shape index (κ3) is 14.5. The van der Waals surface area contributed by atoms with E-state index in [4.69, 9.17) is 4.74 Å². The number of hydrogen-bond acceptors (Lipinski definition) is 4. The highest BCUT2D eigenvalue weighted by molar-refractivity contribution is 5.78. The van der Waals surface area contributed by atoms with Crippen molar-refractivity contribution >= 4 is 11.9 Å². The minimum atomic E-state index is -0.801. The standard InChI is InChI=1S/C20H38O4/c1-4-5-6-7-8-9-10-11-12-13-14-15-16-17-19(21)24-18(2)20(22)23-3/h18H,4-17H2,1-3H3/t18-/m0/s1. The van der Waals surface area contributed by atoms with Crippen molar-refractivity contribution in [2.45, 2.75) is 110 Å². The second-order valence-electron chi connectivity index (χ2n) is 6.65. The Balaban J connectivity index is 3.27. The van der Waals surface area contributed by atoms with Crippen LogP contribution in [-0.4, -0.2) is 25.2 Å². The molecule has 0 aliphatic heterocycles. The number of rotatable bonds is 16. The fourth-order valence-electron chi connectivity index (χ4n) is 2.76. The molecule has 0 bridgehead atoms. The summed E-state index contributed by atoms with van der Waals surface area (Å²) in [6.45, 7) is 3.79. The van der Waals surface area contributed by atoms with Crippen LogP contribution in [0.3, 0.4) is 0 Å². The molecule has 0 aromatic rings. The number of carbonyl (C=O) groups is 2. The summed E-state index contributed by atoms with van der Waals surface area (Å²) in [7, 11) is 1.29. The van der Waals surface area contributed by atoms with Gasteiger partial charge in [0.2, 0.25) is 0 Å². The summed E-state index contributed by atoms with van der Waals surface area (Å²) >= 11 is 0. The van der Waals surface area contributed by atoms with Gasteiger partial charge in [0, 0.05) is 6.42 Å². The zero-order valence-electron chi connectivity index (χ0n) is 16.1. The highest BCUT2D eigenvalue weighted by atomic mass is 16.6. The van der Waals surface area contributed by atoms with Crippen molar-refractivity contribution in [3.05, 3.63) is 0 Å². The first-order chi connectivity index (χ1) is 11.6. The zero-order valence-corrected chi connectivity index (χ0v) is 16.1. The van der Waals surface area contributed by atoms with Gasteiger partial charge in [-0.05, 0) is 13.3 Å². The third-order valence-electron chi connectivity index (χ3n) is 4.33. The Morgan fingerprint density at radius 1 is 0.750 bits per heavy atom. The van der Waals surface area contributed by atoms with Crippen molar-refractivity contribution in [1.82, 2.24) is 0 Å². The summed E-state index contributed by atoms with van der Waals surface area (Å²) in [6.07, 6.45) is 16.2. The molecule has 0 rings (SSSR count). The molecule has 24 heavy (non-hydrogen) atoms. The van der Waals surface area contributed by atoms with Gasteiger partial charge >= 0.3 is 11.9 Å². The van der Waals surface area contributed by atoms with Crippen molar-refractivity contribution in [1.29, 1.82) is 0 Å². The van der Waals surface area contributed by atoms with E-state index in [0.29, 0.717) is 6.42 Å². The van der Waals surface area contributed by atoms with E-state index in [1.54, 1.807) is 0 Å². The lowest BCUT2D eigenvalue weighted by Crippen LogP contribution is -2.25. The number of unbranched alkanes of at least 4 members (excludes halogenated alkanes) is 12. The van der Waals surface area contributed by atoms with Crippen molar-refractivity contribution in [3.63, 3.8) is 0 Å². The first-order valence-corrected chi connectivity index (χ1v) is 9.89. The highest BCUT2D eigenvalue weighted by Crippen LogP contribution is 2.13. The van der Waals surface area contributed by atoms with Crippen LogP contribution >= 0.6 is 0 Å². The first kappa shape index (κ1) is 22.9. The summed E-state index contributed by atoms with van der Waals surface area (Å²) in [5, 5.41) is 0. The number of esters is 2. The molecule has 0 aromatic carbocycles. The van der Waals surface area contributed by atoms with Crippen LogP contribution in [0, 0.1) is 0 Å². The summed E-state index contributed by atoms with van der Waals surface area (Å²) in [6, 6.07) is 0. The summed E-state index contributed by atoms with van der Waals surface area (Å²) in [4.78, 5) is 22.7. The van der Waals surface area contributed by atoms with E-state index in [-0.39, 0.29) is 5.97 Å². The fraction of sp³-hybridized carbons (Fsp3) is 0.900. The van der Waals surface area contributed by atoms with Gasteiger partial charge in [0.25, 0.3) is 0 Å². The van der Waals surface area contributed by atoms with Gasteiger partial charge in [0.1, 0.15) is 0 Å². The van der Waals surface area contributed by atoms with E-state index in [1.807, 2.05) is 0 Å². The van der Waals surface area contributed by atoms with Gasteiger partial charge < -0.3 is 9.47 Å². The average Bonchev–Trinajstić information content (AvgIpc) is 2.58. The van der Waals surface area contributed by atoms with Crippen LogP contribution in [0.15, 0.2) is 0 Å². The predicted octanol–water partition coefficient (Wildman–Crippen LogP) is 5.57. The fourth-order valence-corrected chi connectivity index (χ4v) is 2.76. The van der Waals surface area contributed by atoms with E-state index in [0.717, 1.165) is 12.8 Å². The number of ether oxygens (including phenoxy) is 2. The third-order valence-corrected chi connectivity index (χ3v) is 4.33. The monoisotopic (exact) mass is 342 g/mol. The van der Waals surface area contributed by atoms with Crippen molar-refractivity contribution in [2.75, 3.05) is 7.11 Å². The molecule has 0 aliphatic rings. The highest BCUT2D eigenvalue weighted by Gasteiger charge is 2.17. The zero-order chi connectivity index (χ0) is 18.0. The summed E-state index contributed by atoms with van der Waals surface area (Å²) in [5.41, 5.74) is 0. The SMILES string of the molecule is CCCCCCCCCCCCCCCC(=O)O[C@@H](C)C(=O)OC. The van der Waals surface area contributed by atoms with Crippen LogP contribution in [0.25, 0.3) is 0 Å². The largest absolute Gasteiger partial charge is 0.466 e. The Kier molecular flexibility index (Phi) is 16.0. The maximum atomic E-state index is 11.5. The lowest BCUT2D eigenvalue weighted by Gasteiger charge is -2.10. The van der Waals surface area contributed by atoms with Crippen LogP contribution in [-0.2, 0) is 19.1 Å². The molecule has 0 saturated carbocycles. The van der Waals surface area contributed by atoms with Gasteiger partial charge in [-0.15, -0.1) is 0 Å². The van der Waals surface area contributed by atoms with E-state index < -0.39 is 12.1 Å². The Labute approximate surface area is 148 Å². The molecule has 0 unspecified atom stereocenters. The van der Waals surface area contributed by atoms with E-state index in [1.165, 1.54) is 84.7 Å². The molecule has 142 valence electrons. The van der Waals surface area contributed by atoms with Crippen LogP contribution in [0.2, 0.25) is 0 Å². The number of methoxy groups -OCH3 is 1. The molecule has 0 saturated heterocycles. The molecule has 1 atom stereocenters. The predicted molar refractivity (Wildman–Crippen MR) is 97.9 cm³/mol. The van der Waals surface area contributed by atoms with Gasteiger partial charge in [-0.3, -0.25) is 4.79 Å². The minimum absolute atomic E-state index is 0.309. The van der Waals surface area contributed by atoms with Crippen molar-refractivity contribution in [2.24, 2.45) is 0 Å². The van der Waals surface area contributed by atoms with Gasteiger partial charge in [-0.25, -0.2) is 4.79 Å². The Bertz CT molecular complexity index is 315. The lowest BCUT2D eigenvalue weighted by molar-refractivity contribution is -0.164. The van der Waals surface area contributed by atoms with E-state index in [9.17, 15) is 9.59 Å². The molecule has 0 fully saturated rings. The van der Waals surface area contributed by atoms with Gasteiger partial charge in [0.05, 0.1) is 7.11 Å². The molecule has 0 aliphatic carbocycles. The van der Waals surface area contributed by atoms with Crippen LogP contribution in [0.4, 0.5) is 0 Å². The van der Waals surface area contributed by atoms with Crippen LogP contribution < -0.4 is 0 Å². The summed E-state index contributed by atoms with van der Waals surface area (Å²) < 4.78 is 9.52. The molecule has 0 spiro atoms. The van der Waals surface area contributed by atoms with Gasteiger partial charge in [-0.2, -0.15) is 0 Å². The molecule has 4 nitrogen and oxygen atoms in total. The topological polar surface area (TPSA) is 52.6 Å². The Morgan fingerprint density at radius 3 is 1.58 bits per heavy atom. The molecular weight excluding hydrogens is 304 g/mol. The second-order valence-corrected chi connectivity index (χ2v) is 6.65. The van der Waals surface area contributed by atoms with Gasteiger partial charge in [0.15, 0.2) is 6.10 Å². The normalized spacial score (nSPS) is 12.0. The molecule has 0 aromatic heterocycles. The van der Waals surface area contributed by atoms with Crippen molar-refractivity contribution in [3.8, 4) is 0 Å². The molecule has 0 radical (unpaired) electrons. The molecule has 0 heterocycles.